The van der Waals surface area contributed by atoms with Gasteiger partial charge in [0.05, 0.1) is 5.69 Å². The molecule has 2 heterocycles. The largest absolute Gasteiger partial charge is 0.477 e. The van der Waals surface area contributed by atoms with Crippen molar-refractivity contribution < 1.29 is 19.4 Å². The molecule has 1 aliphatic heterocycles. The smallest absolute Gasteiger partial charge is 0.410 e. The number of likely N-dealkylation sites (tertiary alicyclic amines) is 1. The van der Waals surface area contributed by atoms with Gasteiger partial charge in [0.25, 0.3) is 0 Å². The van der Waals surface area contributed by atoms with Gasteiger partial charge in [-0.25, -0.2) is 9.59 Å². The first-order valence-corrected chi connectivity index (χ1v) is 6.82. The number of piperidine rings is 1. The molecule has 0 aliphatic carbocycles. The fourth-order valence-electron chi connectivity index (χ4n) is 2.49. The molecule has 1 amide bonds. The van der Waals surface area contributed by atoms with Crippen LogP contribution in [0.25, 0.3) is 0 Å². The molecule has 1 saturated heterocycles. The zero-order valence-corrected chi connectivity index (χ0v) is 12.0. The molecule has 7 nitrogen and oxygen atoms in total. The van der Waals surface area contributed by atoms with Crippen molar-refractivity contribution in [3.05, 3.63) is 30.1 Å². The Morgan fingerprint density at radius 2 is 2.38 bits per heavy atom. The van der Waals surface area contributed by atoms with E-state index in [4.69, 9.17) is 9.84 Å². The molecule has 1 fully saturated rings. The van der Waals surface area contributed by atoms with Crippen LogP contribution >= 0.6 is 0 Å². The lowest BCUT2D eigenvalue weighted by atomic mass is 9.95. The van der Waals surface area contributed by atoms with Gasteiger partial charge in [0.1, 0.15) is 12.3 Å². The summed E-state index contributed by atoms with van der Waals surface area (Å²) in [6.07, 6.45) is 2.87. The topological polar surface area (TPSA) is 84.7 Å². The average Bonchev–Trinajstić information content (AvgIpc) is 2.87. The van der Waals surface area contributed by atoms with E-state index < -0.39 is 5.97 Å². The molecule has 1 N–H and O–H groups in total. The highest BCUT2D eigenvalue weighted by Crippen LogP contribution is 2.26. The molecule has 1 aromatic rings. The maximum absolute atomic E-state index is 11.9. The maximum atomic E-state index is 11.9. The zero-order chi connectivity index (χ0) is 15.4. The second-order valence-electron chi connectivity index (χ2n) is 5.03. The fraction of sp³-hybridized carbons (Fsp3) is 0.500. The summed E-state index contributed by atoms with van der Waals surface area (Å²) in [7, 11) is 1.60. The first kappa shape index (κ1) is 15.1. The van der Waals surface area contributed by atoms with E-state index in [1.165, 1.54) is 10.8 Å². The Balaban J connectivity index is 2.07. The van der Waals surface area contributed by atoms with Crippen molar-refractivity contribution in [3.63, 3.8) is 0 Å². The van der Waals surface area contributed by atoms with Gasteiger partial charge < -0.3 is 14.7 Å². The van der Waals surface area contributed by atoms with Crippen LogP contribution in [0.3, 0.4) is 0 Å². The zero-order valence-electron chi connectivity index (χ0n) is 12.0. The maximum Gasteiger partial charge on any atom is 0.410 e. The van der Waals surface area contributed by atoms with Crippen LogP contribution in [0, 0.1) is 0 Å². The number of rotatable bonds is 4. The number of carboxylic acid groups (broad SMARTS) is 1. The Kier molecular flexibility index (Phi) is 4.62. The van der Waals surface area contributed by atoms with Gasteiger partial charge in [-0.15, -0.1) is 0 Å². The Bertz CT molecular complexity index is 552. The van der Waals surface area contributed by atoms with E-state index in [-0.39, 0.29) is 24.3 Å². The molecular formula is C14H19N3O4. The summed E-state index contributed by atoms with van der Waals surface area (Å²) in [6.45, 7) is 4.83. The van der Waals surface area contributed by atoms with Crippen molar-refractivity contribution in [3.8, 4) is 0 Å². The van der Waals surface area contributed by atoms with Gasteiger partial charge in [-0.2, -0.15) is 5.10 Å². The number of aryl methyl sites for hydroxylation is 1. The second-order valence-corrected chi connectivity index (χ2v) is 5.03. The van der Waals surface area contributed by atoms with Crippen LogP contribution in [0.15, 0.2) is 18.7 Å². The molecule has 0 radical (unpaired) electrons. The fourth-order valence-corrected chi connectivity index (χ4v) is 2.49. The predicted molar refractivity (Wildman–Crippen MR) is 75.3 cm³/mol. The summed E-state index contributed by atoms with van der Waals surface area (Å²) in [5.74, 6) is -0.969. The number of carboxylic acids is 1. The molecule has 114 valence electrons. The molecule has 1 aliphatic rings. The summed E-state index contributed by atoms with van der Waals surface area (Å²) >= 11 is 0. The molecule has 0 spiro atoms. The number of carbonyl (C=O) groups excluding carboxylic acids is 1. The first-order chi connectivity index (χ1) is 10.0. The summed E-state index contributed by atoms with van der Waals surface area (Å²) in [5.41, 5.74) is 0.854. The lowest BCUT2D eigenvalue weighted by Gasteiger charge is -2.31. The Morgan fingerprint density at radius 3 is 3.00 bits per heavy atom. The van der Waals surface area contributed by atoms with Crippen molar-refractivity contribution in [2.75, 3.05) is 19.7 Å². The second kappa shape index (κ2) is 6.43. The van der Waals surface area contributed by atoms with Crippen LogP contribution in [0.1, 0.15) is 34.9 Å². The molecule has 0 saturated carbocycles. The quantitative estimate of drug-likeness (QED) is 0.853. The number of nitrogens with zero attached hydrogens (tertiary/aromatic N) is 3. The summed E-state index contributed by atoms with van der Waals surface area (Å²) in [6, 6.07) is 1.57. The number of hydrogen-bond donors (Lipinski definition) is 1. The third kappa shape index (κ3) is 3.42. The third-order valence-electron chi connectivity index (χ3n) is 3.54. The van der Waals surface area contributed by atoms with Crippen molar-refractivity contribution in [1.82, 2.24) is 14.7 Å². The highest BCUT2D eigenvalue weighted by molar-refractivity contribution is 5.85. The van der Waals surface area contributed by atoms with Gasteiger partial charge in [-0.05, 0) is 18.9 Å². The lowest BCUT2D eigenvalue weighted by molar-refractivity contribution is 0.0684. The van der Waals surface area contributed by atoms with E-state index in [0.717, 1.165) is 12.8 Å². The van der Waals surface area contributed by atoms with Crippen LogP contribution in [0.4, 0.5) is 4.79 Å². The normalized spacial score (nSPS) is 18.3. The minimum absolute atomic E-state index is 0.0364. The number of carbonyl (C=O) groups is 2. The van der Waals surface area contributed by atoms with Crippen LogP contribution in [-0.4, -0.2) is 51.5 Å². The number of aromatic nitrogens is 2. The van der Waals surface area contributed by atoms with Crippen LogP contribution in [-0.2, 0) is 11.8 Å². The van der Waals surface area contributed by atoms with Crippen molar-refractivity contribution in [2.45, 2.75) is 18.8 Å². The van der Waals surface area contributed by atoms with E-state index in [1.807, 2.05) is 0 Å². The van der Waals surface area contributed by atoms with Gasteiger partial charge in [0, 0.05) is 26.1 Å². The molecule has 0 aromatic carbocycles. The SMILES string of the molecule is C=CCOC(=O)N1CCCC(c2cc(C(=O)O)n(C)n2)C1. The standard InChI is InChI=1S/C14H19N3O4/c1-3-7-21-14(20)17-6-4-5-10(9-17)11-8-12(13(18)19)16(2)15-11/h3,8,10H,1,4-7,9H2,2H3,(H,18,19). The van der Waals surface area contributed by atoms with Crippen LogP contribution < -0.4 is 0 Å². The number of aromatic carboxylic acids is 1. The van der Waals surface area contributed by atoms with E-state index in [9.17, 15) is 9.59 Å². The third-order valence-corrected chi connectivity index (χ3v) is 3.54. The Hall–Kier alpha value is -2.31. The van der Waals surface area contributed by atoms with Crippen molar-refractivity contribution in [2.24, 2.45) is 7.05 Å². The molecule has 21 heavy (non-hydrogen) atoms. The number of hydrogen-bond acceptors (Lipinski definition) is 4. The van der Waals surface area contributed by atoms with Crippen LogP contribution in [0.5, 0.6) is 0 Å². The molecule has 1 aromatic heterocycles. The number of ether oxygens (including phenoxy) is 1. The molecule has 1 atom stereocenters. The van der Waals surface area contributed by atoms with Gasteiger partial charge in [-0.3, -0.25) is 4.68 Å². The van der Waals surface area contributed by atoms with Gasteiger partial charge in [0.2, 0.25) is 0 Å². The summed E-state index contributed by atoms with van der Waals surface area (Å²) in [5, 5.41) is 13.3. The Labute approximate surface area is 122 Å². The monoisotopic (exact) mass is 293 g/mol. The van der Waals surface area contributed by atoms with Gasteiger partial charge in [0.15, 0.2) is 0 Å². The predicted octanol–water partition coefficient (Wildman–Crippen LogP) is 1.62. The minimum atomic E-state index is -1.01. The molecule has 0 bridgehead atoms. The Morgan fingerprint density at radius 1 is 1.62 bits per heavy atom. The van der Waals surface area contributed by atoms with E-state index in [2.05, 4.69) is 11.7 Å². The number of amides is 1. The first-order valence-electron chi connectivity index (χ1n) is 6.82. The summed E-state index contributed by atoms with van der Waals surface area (Å²) in [4.78, 5) is 24.5. The van der Waals surface area contributed by atoms with Gasteiger partial charge >= 0.3 is 12.1 Å². The molecule has 7 heteroatoms. The van der Waals surface area contributed by atoms with Gasteiger partial charge in [-0.1, -0.05) is 12.7 Å². The molecular weight excluding hydrogens is 274 g/mol. The van der Waals surface area contributed by atoms with Crippen molar-refractivity contribution >= 4 is 12.1 Å². The van der Waals surface area contributed by atoms with E-state index in [0.29, 0.717) is 18.8 Å². The highest BCUT2D eigenvalue weighted by Gasteiger charge is 2.28. The summed E-state index contributed by atoms with van der Waals surface area (Å²) < 4.78 is 6.39. The molecule has 1 unspecified atom stereocenters. The average molecular weight is 293 g/mol. The highest BCUT2D eigenvalue weighted by atomic mass is 16.6. The molecule has 2 rings (SSSR count). The van der Waals surface area contributed by atoms with Crippen molar-refractivity contribution in [1.29, 1.82) is 0 Å². The van der Waals surface area contributed by atoms with Crippen LogP contribution in [0.2, 0.25) is 0 Å². The van der Waals surface area contributed by atoms with E-state index in [1.54, 1.807) is 18.0 Å². The minimum Gasteiger partial charge on any atom is -0.477 e. The van der Waals surface area contributed by atoms with E-state index >= 15 is 0 Å². The lowest BCUT2D eigenvalue weighted by Crippen LogP contribution is -2.39.